The van der Waals surface area contributed by atoms with E-state index in [4.69, 9.17) is 14.3 Å². The molecule has 1 atom stereocenters. The van der Waals surface area contributed by atoms with E-state index >= 15 is 0 Å². The van der Waals surface area contributed by atoms with Gasteiger partial charge in [0.2, 0.25) is 0 Å². The van der Waals surface area contributed by atoms with Gasteiger partial charge in [0.25, 0.3) is 0 Å². The zero-order chi connectivity index (χ0) is 19.9. The van der Waals surface area contributed by atoms with E-state index in [1.54, 1.807) is 0 Å². The van der Waals surface area contributed by atoms with Gasteiger partial charge in [0.15, 0.2) is 0 Å². The first-order chi connectivity index (χ1) is 12.2. The van der Waals surface area contributed by atoms with Gasteiger partial charge in [-0.05, 0) is 20.3 Å². The minimum absolute atomic E-state index is 0. The van der Waals surface area contributed by atoms with E-state index in [2.05, 4.69) is 6.92 Å². The van der Waals surface area contributed by atoms with Crippen molar-refractivity contribution in [3.05, 3.63) is 0 Å². The Morgan fingerprint density at radius 3 is 1.41 bits per heavy atom. The number of unbranched alkanes of at least 4 members (excludes halogenated alkanes) is 13. The molecule has 27 heavy (non-hydrogen) atoms. The lowest BCUT2D eigenvalue weighted by atomic mass is 9.96. The third-order valence-electron chi connectivity index (χ3n) is 4.87. The largest absolute Gasteiger partial charge is 0.469 e. The summed E-state index contributed by atoms with van der Waals surface area (Å²) in [6.45, 7) is 5.30. The zero-order valence-corrected chi connectivity index (χ0v) is 18.9. The smallest absolute Gasteiger partial charge is 0.388 e. The molecular weight excluding hydrogens is 365 g/mol. The lowest BCUT2D eigenvalue weighted by molar-refractivity contribution is -0.0497. The molecule has 6 nitrogen and oxygen atoms in total. The first kappa shape index (κ1) is 29.2. The maximum Gasteiger partial charge on any atom is 0.469 e. The van der Waals surface area contributed by atoms with E-state index < -0.39 is 19.5 Å². The normalized spacial score (nSPS) is 13.4. The monoisotopic (exact) mass is 411 g/mol. The van der Waals surface area contributed by atoms with Crippen LogP contribution in [0.15, 0.2) is 0 Å². The van der Waals surface area contributed by atoms with E-state index in [-0.39, 0.29) is 6.15 Å². The quantitative estimate of drug-likeness (QED) is 0.156. The molecule has 0 aliphatic carbocycles. The predicted octanol–water partition coefficient (Wildman–Crippen LogP) is 6.27. The molecular formula is C20H46NO5P. The van der Waals surface area contributed by atoms with Crippen LogP contribution >= 0.6 is 7.82 Å². The summed E-state index contributed by atoms with van der Waals surface area (Å²) in [7, 11) is -4.57. The maximum atomic E-state index is 11.0. The van der Waals surface area contributed by atoms with Gasteiger partial charge in [-0.15, -0.1) is 0 Å². The number of hydrogen-bond acceptors (Lipinski definition) is 4. The Morgan fingerprint density at radius 2 is 1.11 bits per heavy atom. The van der Waals surface area contributed by atoms with Crippen molar-refractivity contribution in [2.75, 3.05) is 0 Å². The summed E-state index contributed by atoms with van der Waals surface area (Å²) in [4.78, 5) is 17.9. The summed E-state index contributed by atoms with van der Waals surface area (Å²) in [6.07, 6.45) is 17.3. The van der Waals surface area contributed by atoms with Crippen LogP contribution in [-0.2, 0) is 9.09 Å². The molecule has 0 aromatic rings. The Morgan fingerprint density at radius 1 is 0.778 bits per heavy atom. The van der Waals surface area contributed by atoms with Crippen molar-refractivity contribution in [1.29, 1.82) is 0 Å². The van der Waals surface area contributed by atoms with E-state index in [1.165, 1.54) is 84.5 Å². The summed E-state index contributed by atoms with van der Waals surface area (Å²) in [5, 5.41) is 9.98. The molecule has 0 bridgehead atoms. The van der Waals surface area contributed by atoms with Gasteiger partial charge in [-0.25, -0.2) is 4.57 Å². The van der Waals surface area contributed by atoms with Gasteiger partial charge in [-0.2, -0.15) is 0 Å². The molecule has 0 spiro atoms. The Balaban J connectivity index is 0. The Labute approximate surface area is 167 Å². The van der Waals surface area contributed by atoms with Crippen LogP contribution in [-0.4, -0.2) is 26.6 Å². The molecule has 0 aromatic heterocycles. The Hall–Kier alpha value is 0.0300. The lowest BCUT2D eigenvalue weighted by Gasteiger charge is -2.29. The average Bonchev–Trinajstić information content (AvgIpc) is 2.52. The molecule has 0 rings (SSSR count). The summed E-state index contributed by atoms with van der Waals surface area (Å²) >= 11 is 0. The van der Waals surface area contributed by atoms with Crippen molar-refractivity contribution < 1.29 is 24.0 Å². The number of hydrogen-bond donors (Lipinski definition) is 4. The molecule has 0 saturated carbocycles. The van der Waals surface area contributed by atoms with Crippen LogP contribution < -0.4 is 6.15 Å². The fourth-order valence-electron chi connectivity index (χ4n) is 3.22. The Bertz CT molecular complexity index is 368. The summed E-state index contributed by atoms with van der Waals surface area (Å²) in [6, 6.07) is 0. The van der Waals surface area contributed by atoms with E-state index in [9.17, 15) is 9.67 Å². The van der Waals surface area contributed by atoms with Crippen molar-refractivity contribution in [2.24, 2.45) is 0 Å². The molecule has 166 valence electrons. The van der Waals surface area contributed by atoms with Gasteiger partial charge < -0.3 is 21.0 Å². The average molecular weight is 412 g/mol. The van der Waals surface area contributed by atoms with Crippen molar-refractivity contribution in [2.45, 2.75) is 129 Å². The van der Waals surface area contributed by atoms with Crippen molar-refractivity contribution in [3.8, 4) is 0 Å². The highest BCUT2D eigenvalue weighted by Crippen LogP contribution is 2.41. The second-order valence-corrected chi connectivity index (χ2v) is 9.32. The van der Waals surface area contributed by atoms with E-state index in [0.29, 0.717) is 6.42 Å². The number of aliphatic hydroxyl groups is 1. The van der Waals surface area contributed by atoms with E-state index in [0.717, 1.165) is 19.3 Å². The van der Waals surface area contributed by atoms with Crippen LogP contribution in [0.5, 0.6) is 0 Å². The molecule has 0 saturated heterocycles. The highest BCUT2D eigenvalue weighted by Gasteiger charge is 2.33. The van der Waals surface area contributed by atoms with Gasteiger partial charge in [0.05, 0.1) is 11.7 Å². The second-order valence-electron chi connectivity index (χ2n) is 8.12. The predicted molar refractivity (Wildman–Crippen MR) is 113 cm³/mol. The molecule has 0 aliphatic heterocycles. The lowest BCUT2D eigenvalue weighted by Crippen LogP contribution is -2.37. The first-order valence-corrected chi connectivity index (χ1v) is 12.2. The van der Waals surface area contributed by atoms with Crippen LogP contribution in [0.4, 0.5) is 0 Å². The minimum Gasteiger partial charge on any atom is -0.388 e. The molecule has 0 aliphatic rings. The molecule has 6 N–H and O–H groups in total. The van der Waals surface area contributed by atoms with Crippen molar-refractivity contribution in [3.63, 3.8) is 0 Å². The van der Waals surface area contributed by atoms with Crippen LogP contribution in [0.3, 0.4) is 0 Å². The number of rotatable bonds is 18. The van der Waals surface area contributed by atoms with Gasteiger partial charge >= 0.3 is 7.82 Å². The van der Waals surface area contributed by atoms with Crippen LogP contribution in [0.1, 0.15) is 117 Å². The highest BCUT2D eigenvalue weighted by molar-refractivity contribution is 7.46. The summed E-state index contributed by atoms with van der Waals surface area (Å²) in [5.74, 6) is 0. The standard InChI is InChI=1S/C20H43O5P.H3N/c1-4-5-6-7-8-9-10-11-12-13-14-15-16-17-18-19(20(2,3)21)25-26(22,23)24;/h19,21H,4-18H2,1-3H3,(H2,22,23,24);1H3. The molecule has 0 fully saturated rings. The minimum atomic E-state index is -4.57. The molecule has 1 unspecified atom stereocenters. The van der Waals surface area contributed by atoms with Gasteiger partial charge in [-0.1, -0.05) is 96.8 Å². The van der Waals surface area contributed by atoms with Crippen LogP contribution in [0.2, 0.25) is 0 Å². The van der Waals surface area contributed by atoms with Crippen molar-refractivity contribution in [1.82, 2.24) is 6.15 Å². The highest BCUT2D eigenvalue weighted by atomic mass is 31.2. The van der Waals surface area contributed by atoms with E-state index in [1.807, 2.05) is 0 Å². The zero-order valence-electron chi connectivity index (χ0n) is 18.0. The second kappa shape index (κ2) is 16.9. The van der Waals surface area contributed by atoms with Crippen LogP contribution in [0.25, 0.3) is 0 Å². The summed E-state index contributed by atoms with van der Waals surface area (Å²) in [5.41, 5.74) is -1.25. The number of phosphoric ester groups is 1. The molecule has 0 heterocycles. The Kier molecular flexibility index (Phi) is 18.3. The fourth-order valence-corrected chi connectivity index (χ4v) is 3.92. The molecule has 0 amide bonds. The van der Waals surface area contributed by atoms with Gasteiger partial charge in [0, 0.05) is 0 Å². The molecule has 0 aromatic carbocycles. The molecule has 0 radical (unpaired) electrons. The third kappa shape index (κ3) is 20.6. The van der Waals surface area contributed by atoms with Crippen LogP contribution in [0, 0.1) is 0 Å². The topological polar surface area (TPSA) is 122 Å². The maximum absolute atomic E-state index is 11.0. The molecule has 7 heteroatoms. The third-order valence-corrected chi connectivity index (χ3v) is 5.40. The fraction of sp³-hybridized carbons (Fsp3) is 1.00. The van der Waals surface area contributed by atoms with Crippen molar-refractivity contribution >= 4 is 7.82 Å². The SMILES string of the molecule is CCCCCCCCCCCCCCCCC(OP(=O)(O)O)C(C)(C)O.N. The summed E-state index contributed by atoms with van der Waals surface area (Å²) < 4.78 is 15.7. The van der Waals surface area contributed by atoms with Gasteiger partial charge in [-0.3, -0.25) is 4.52 Å². The van der Waals surface area contributed by atoms with Gasteiger partial charge in [0.1, 0.15) is 0 Å². The number of phosphoric acid groups is 1. The first-order valence-electron chi connectivity index (χ1n) is 10.6.